The third-order valence-electron chi connectivity index (χ3n) is 3.66. The lowest BCUT2D eigenvalue weighted by molar-refractivity contribution is 0.151. The normalized spacial score (nSPS) is 13.1. The second-order valence-corrected chi connectivity index (χ2v) is 5.92. The van der Waals surface area contributed by atoms with Gasteiger partial charge in [0.15, 0.2) is 5.81 Å². The third kappa shape index (κ3) is 5.58. The SMILES string of the molecule is BC(=O)N[C@H](Cc1ccccc1OCc1ccccc1)[C@H](O)CCl. The second-order valence-electron chi connectivity index (χ2n) is 5.61. The molecule has 2 aromatic carbocycles. The van der Waals surface area contributed by atoms with Crippen molar-refractivity contribution in [3.8, 4) is 5.75 Å². The zero-order valence-electron chi connectivity index (χ0n) is 13.6. The highest BCUT2D eigenvalue weighted by Crippen LogP contribution is 2.22. The molecule has 2 N–H and O–H groups in total. The van der Waals surface area contributed by atoms with E-state index >= 15 is 0 Å². The first kappa shape index (κ1) is 18.4. The molecule has 2 rings (SSSR count). The Morgan fingerprint density at radius 2 is 1.83 bits per heavy atom. The molecule has 4 nitrogen and oxygen atoms in total. The molecular weight excluding hydrogens is 324 g/mol. The van der Waals surface area contributed by atoms with Crippen LogP contribution in [0.25, 0.3) is 0 Å². The van der Waals surface area contributed by atoms with Gasteiger partial charge < -0.3 is 15.2 Å². The number of halogens is 1. The summed E-state index contributed by atoms with van der Waals surface area (Å²) in [4.78, 5) is 11.4. The zero-order chi connectivity index (χ0) is 17.4. The maximum absolute atomic E-state index is 11.4. The van der Waals surface area contributed by atoms with Gasteiger partial charge in [-0.2, -0.15) is 0 Å². The van der Waals surface area contributed by atoms with E-state index in [1.807, 2.05) is 54.6 Å². The van der Waals surface area contributed by atoms with Gasteiger partial charge in [0.2, 0.25) is 7.85 Å². The molecule has 2 aromatic rings. The molecule has 24 heavy (non-hydrogen) atoms. The molecule has 0 fully saturated rings. The number of hydrogen-bond acceptors (Lipinski definition) is 3. The summed E-state index contributed by atoms with van der Waals surface area (Å²) in [6.07, 6.45) is -0.379. The van der Waals surface area contributed by atoms with Crippen molar-refractivity contribution in [2.75, 3.05) is 5.88 Å². The summed E-state index contributed by atoms with van der Waals surface area (Å²) >= 11 is 5.74. The van der Waals surface area contributed by atoms with Crippen LogP contribution in [0, 0.1) is 0 Å². The van der Waals surface area contributed by atoms with Gasteiger partial charge in [0.05, 0.1) is 18.0 Å². The van der Waals surface area contributed by atoms with Crippen LogP contribution in [0.5, 0.6) is 5.75 Å². The van der Waals surface area contributed by atoms with Gasteiger partial charge in [-0.05, 0) is 23.6 Å². The van der Waals surface area contributed by atoms with Crippen molar-refractivity contribution in [2.24, 2.45) is 0 Å². The summed E-state index contributed by atoms with van der Waals surface area (Å²) in [5.41, 5.74) is 1.99. The Balaban J connectivity index is 2.10. The minimum absolute atomic E-state index is 0.0536. The van der Waals surface area contributed by atoms with Crippen LogP contribution in [0.4, 0.5) is 4.79 Å². The molecule has 0 unspecified atom stereocenters. The van der Waals surface area contributed by atoms with Crippen LogP contribution in [0.2, 0.25) is 0 Å². The van der Waals surface area contributed by atoms with Crippen LogP contribution in [0.3, 0.4) is 0 Å². The van der Waals surface area contributed by atoms with Crippen molar-refractivity contribution >= 4 is 25.3 Å². The monoisotopic (exact) mass is 345 g/mol. The second kappa shape index (κ2) is 9.35. The van der Waals surface area contributed by atoms with Crippen molar-refractivity contribution in [1.82, 2.24) is 5.32 Å². The first-order chi connectivity index (χ1) is 11.6. The number of alkyl halides is 1. The Labute approximate surface area is 148 Å². The van der Waals surface area contributed by atoms with Crippen LogP contribution in [-0.4, -0.2) is 36.8 Å². The fourth-order valence-corrected chi connectivity index (χ4v) is 2.65. The number of aliphatic hydroxyl groups is 1. The molecule has 0 saturated heterocycles. The maximum atomic E-state index is 11.4. The number of para-hydroxylation sites is 1. The van der Waals surface area contributed by atoms with Crippen molar-refractivity contribution in [1.29, 1.82) is 0 Å². The van der Waals surface area contributed by atoms with E-state index in [1.54, 1.807) is 0 Å². The molecule has 0 aliphatic rings. The third-order valence-corrected chi connectivity index (χ3v) is 3.98. The molecule has 0 spiro atoms. The molecule has 0 aliphatic heterocycles. The van der Waals surface area contributed by atoms with Gasteiger partial charge in [-0.1, -0.05) is 48.5 Å². The number of nitrogens with one attached hydrogen (secondary N) is 1. The lowest BCUT2D eigenvalue weighted by Gasteiger charge is -2.23. The molecule has 0 heterocycles. The highest BCUT2D eigenvalue weighted by atomic mass is 35.5. The van der Waals surface area contributed by atoms with Crippen LogP contribution < -0.4 is 10.1 Å². The minimum Gasteiger partial charge on any atom is -0.489 e. The number of amides is 1. The predicted molar refractivity (Wildman–Crippen MR) is 98.5 cm³/mol. The highest BCUT2D eigenvalue weighted by Gasteiger charge is 2.21. The number of aliphatic hydroxyl groups excluding tert-OH is 1. The van der Waals surface area contributed by atoms with E-state index in [-0.39, 0.29) is 11.7 Å². The van der Waals surface area contributed by atoms with E-state index < -0.39 is 12.1 Å². The van der Waals surface area contributed by atoms with Gasteiger partial charge >= 0.3 is 0 Å². The fraction of sp³-hybridized carbons (Fsp3) is 0.278. The van der Waals surface area contributed by atoms with Gasteiger partial charge in [-0.25, -0.2) is 0 Å². The Kier molecular flexibility index (Phi) is 7.16. The van der Waals surface area contributed by atoms with Crippen molar-refractivity contribution in [2.45, 2.75) is 25.2 Å². The summed E-state index contributed by atoms with van der Waals surface area (Å²) < 4.78 is 5.92. The standard InChI is InChI=1S/C18H21BClNO3/c19-18(23)21-15(16(22)11-20)10-14-8-4-5-9-17(14)24-12-13-6-2-1-3-7-13/h1-9,15-16,22H,10-12,19H2,(H,21,23)/t15-,16-/m1/s1. The molecule has 0 saturated carbocycles. The summed E-state index contributed by atoms with van der Waals surface area (Å²) in [6, 6.07) is 17.1. The maximum Gasteiger partial charge on any atom is 0.215 e. The Hall–Kier alpha value is -1.98. The van der Waals surface area contributed by atoms with E-state index in [9.17, 15) is 9.90 Å². The van der Waals surface area contributed by atoms with Gasteiger partial charge in [-0.3, -0.25) is 4.79 Å². The first-order valence-electron chi connectivity index (χ1n) is 7.86. The van der Waals surface area contributed by atoms with Gasteiger partial charge in [-0.15, -0.1) is 11.6 Å². The van der Waals surface area contributed by atoms with E-state index in [0.29, 0.717) is 13.0 Å². The number of ether oxygens (including phenoxy) is 1. The molecular formula is C18H21BClNO3. The average molecular weight is 346 g/mol. The molecule has 0 radical (unpaired) electrons. The lowest BCUT2D eigenvalue weighted by Crippen LogP contribution is -2.45. The number of hydrogen-bond donors (Lipinski definition) is 2. The Morgan fingerprint density at radius 1 is 1.17 bits per heavy atom. The predicted octanol–water partition coefficient (Wildman–Crippen LogP) is 2.12. The largest absolute Gasteiger partial charge is 0.489 e. The lowest BCUT2D eigenvalue weighted by atomic mass is 9.99. The van der Waals surface area contributed by atoms with E-state index in [2.05, 4.69) is 5.32 Å². The highest BCUT2D eigenvalue weighted by molar-refractivity contribution is 6.57. The summed E-state index contributed by atoms with van der Waals surface area (Å²) in [5.74, 6) is 0.586. The molecule has 126 valence electrons. The smallest absolute Gasteiger partial charge is 0.215 e. The van der Waals surface area contributed by atoms with Gasteiger partial charge in [0.25, 0.3) is 0 Å². The first-order valence-corrected chi connectivity index (χ1v) is 8.39. The van der Waals surface area contributed by atoms with E-state index in [0.717, 1.165) is 16.9 Å². The van der Waals surface area contributed by atoms with Crippen LogP contribution >= 0.6 is 11.6 Å². The summed E-state index contributed by atoms with van der Waals surface area (Å²) in [7, 11) is 1.42. The Bertz CT molecular complexity index is 654. The van der Waals surface area contributed by atoms with Crippen LogP contribution in [0.1, 0.15) is 11.1 Å². The van der Waals surface area contributed by atoms with E-state index in [1.165, 1.54) is 7.85 Å². The van der Waals surface area contributed by atoms with Gasteiger partial charge in [0.1, 0.15) is 12.4 Å². The zero-order valence-corrected chi connectivity index (χ0v) is 14.4. The van der Waals surface area contributed by atoms with Crippen LogP contribution in [-0.2, 0) is 13.0 Å². The molecule has 6 heteroatoms. The number of carbonyl (C=O) groups excluding carboxylic acids is 1. The summed E-state index contributed by atoms with van der Waals surface area (Å²) in [6.45, 7) is 0.459. The van der Waals surface area contributed by atoms with Crippen molar-refractivity contribution in [3.05, 3.63) is 65.7 Å². The molecule has 0 aromatic heterocycles. The van der Waals surface area contributed by atoms with Crippen molar-refractivity contribution in [3.63, 3.8) is 0 Å². The number of rotatable bonds is 8. The number of carbonyl (C=O) groups is 1. The van der Waals surface area contributed by atoms with Crippen molar-refractivity contribution < 1.29 is 14.6 Å². The molecule has 1 amide bonds. The average Bonchev–Trinajstić information content (AvgIpc) is 2.60. The Morgan fingerprint density at radius 3 is 2.50 bits per heavy atom. The molecule has 2 atom stereocenters. The fourth-order valence-electron chi connectivity index (χ4n) is 2.44. The summed E-state index contributed by atoms with van der Waals surface area (Å²) in [5, 5.41) is 12.8. The van der Waals surface area contributed by atoms with E-state index in [4.69, 9.17) is 16.3 Å². The molecule has 0 aliphatic carbocycles. The number of benzene rings is 2. The molecule has 0 bridgehead atoms. The topological polar surface area (TPSA) is 58.6 Å². The quantitative estimate of drug-likeness (QED) is 0.569. The minimum atomic E-state index is -0.822. The van der Waals surface area contributed by atoms with Gasteiger partial charge in [0, 0.05) is 0 Å². The van der Waals surface area contributed by atoms with Crippen LogP contribution in [0.15, 0.2) is 54.6 Å².